The first kappa shape index (κ1) is 14.8. The largest absolute Gasteiger partial charge is 0.497 e. The fourth-order valence-corrected chi connectivity index (χ4v) is 1.98. The number of hydrogen-bond donors (Lipinski definition) is 1. The number of aryl methyl sites for hydroxylation is 1. The van der Waals surface area contributed by atoms with Crippen molar-refractivity contribution in [1.82, 2.24) is 4.98 Å². The molecule has 0 fully saturated rings. The van der Waals surface area contributed by atoms with E-state index in [1.54, 1.807) is 20.1 Å². The number of anilines is 1. The number of hydrogen-bond acceptors (Lipinski definition) is 5. The molecule has 0 bridgehead atoms. The Morgan fingerprint density at radius 1 is 1.24 bits per heavy atom. The number of ether oxygens (including phenoxy) is 1. The Morgan fingerprint density at radius 2 is 1.90 bits per heavy atom. The highest BCUT2D eigenvalue weighted by molar-refractivity contribution is 5.57. The third kappa shape index (κ3) is 3.47. The molecule has 1 aromatic heterocycles. The van der Waals surface area contributed by atoms with Gasteiger partial charge in [-0.15, -0.1) is 0 Å². The fraction of sp³-hybridized carbons (Fsp3) is 0.267. The van der Waals surface area contributed by atoms with Crippen LogP contribution >= 0.6 is 0 Å². The molecule has 0 aliphatic rings. The second-order valence-corrected chi connectivity index (χ2v) is 4.72. The van der Waals surface area contributed by atoms with Crippen LogP contribution in [0.15, 0.2) is 36.4 Å². The average molecular weight is 287 g/mol. The van der Waals surface area contributed by atoms with Gasteiger partial charge in [0.25, 0.3) is 0 Å². The molecule has 1 unspecified atom stereocenters. The molecule has 1 atom stereocenters. The van der Waals surface area contributed by atoms with Crippen molar-refractivity contribution < 1.29 is 9.66 Å². The van der Waals surface area contributed by atoms with Crippen LogP contribution in [-0.2, 0) is 0 Å². The monoisotopic (exact) mass is 287 g/mol. The molecule has 6 nitrogen and oxygen atoms in total. The molecule has 1 N–H and O–H groups in total. The molecule has 0 saturated carbocycles. The lowest BCUT2D eigenvalue weighted by atomic mass is 10.1. The number of methoxy groups -OCH3 is 1. The highest BCUT2D eigenvalue weighted by Gasteiger charge is 2.17. The molecule has 1 heterocycles. The molecule has 6 heteroatoms. The van der Waals surface area contributed by atoms with E-state index < -0.39 is 4.92 Å². The zero-order valence-corrected chi connectivity index (χ0v) is 12.2. The molecule has 1 aromatic carbocycles. The van der Waals surface area contributed by atoms with Crippen molar-refractivity contribution >= 4 is 11.5 Å². The van der Waals surface area contributed by atoms with Crippen LogP contribution < -0.4 is 10.1 Å². The van der Waals surface area contributed by atoms with Crippen molar-refractivity contribution in [2.75, 3.05) is 12.4 Å². The molecule has 0 saturated heterocycles. The van der Waals surface area contributed by atoms with Crippen molar-refractivity contribution in [1.29, 1.82) is 0 Å². The Bertz CT molecular complexity index is 641. The molecule has 2 rings (SSSR count). The lowest BCUT2D eigenvalue weighted by molar-refractivity contribution is -0.384. The van der Waals surface area contributed by atoms with Crippen molar-refractivity contribution in [2.45, 2.75) is 19.9 Å². The molecule has 0 aliphatic carbocycles. The summed E-state index contributed by atoms with van der Waals surface area (Å²) in [5.41, 5.74) is 1.69. The van der Waals surface area contributed by atoms with Gasteiger partial charge in [0.15, 0.2) is 0 Å². The normalized spacial score (nSPS) is 11.8. The number of nitrogens with one attached hydrogen (secondary N) is 1. The minimum atomic E-state index is -0.435. The van der Waals surface area contributed by atoms with Gasteiger partial charge in [-0.1, -0.05) is 12.1 Å². The molecule has 0 spiro atoms. The molecular weight excluding hydrogens is 270 g/mol. The lowest BCUT2D eigenvalue weighted by Gasteiger charge is -2.15. The van der Waals surface area contributed by atoms with Crippen LogP contribution in [0.2, 0.25) is 0 Å². The number of nitrogens with zero attached hydrogens (tertiary/aromatic N) is 2. The van der Waals surface area contributed by atoms with E-state index in [-0.39, 0.29) is 17.5 Å². The van der Waals surface area contributed by atoms with Crippen LogP contribution in [0, 0.1) is 17.0 Å². The first-order valence-corrected chi connectivity index (χ1v) is 6.54. The van der Waals surface area contributed by atoms with Gasteiger partial charge in [0, 0.05) is 11.8 Å². The Morgan fingerprint density at radius 3 is 2.48 bits per heavy atom. The third-order valence-electron chi connectivity index (χ3n) is 3.18. The van der Waals surface area contributed by atoms with E-state index in [1.807, 2.05) is 31.2 Å². The van der Waals surface area contributed by atoms with Crippen LogP contribution in [0.3, 0.4) is 0 Å². The predicted octanol–water partition coefficient (Wildman–Crippen LogP) is 3.48. The smallest absolute Gasteiger partial charge is 0.311 e. The quantitative estimate of drug-likeness (QED) is 0.673. The van der Waals surface area contributed by atoms with Gasteiger partial charge in [-0.3, -0.25) is 10.1 Å². The van der Waals surface area contributed by atoms with Crippen LogP contribution in [0.25, 0.3) is 0 Å². The zero-order valence-electron chi connectivity index (χ0n) is 12.2. The number of rotatable bonds is 5. The molecule has 0 radical (unpaired) electrons. The SMILES string of the molecule is COc1ccc(C(C)Nc2nc(C)ccc2[N+](=O)[O-])cc1. The zero-order chi connectivity index (χ0) is 15.4. The minimum Gasteiger partial charge on any atom is -0.497 e. The van der Waals surface area contributed by atoms with Gasteiger partial charge in [-0.25, -0.2) is 4.98 Å². The summed E-state index contributed by atoms with van der Waals surface area (Å²) in [5.74, 6) is 1.05. The molecule has 2 aromatic rings. The number of pyridine rings is 1. The van der Waals surface area contributed by atoms with Gasteiger partial charge in [0.05, 0.1) is 18.1 Å². The van der Waals surface area contributed by atoms with E-state index in [2.05, 4.69) is 10.3 Å². The molecule has 0 amide bonds. The lowest BCUT2D eigenvalue weighted by Crippen LogP contribution is -2.10. The summed E-state index contributed by atoms with van der Waals surface area (Å²) in [6.45, 7) is 3.72. The van der Waals surface area contributed by atoms with Crippen LogP contribution in [0.4, 0.5) is 11.5 Å². The van der Waals surface area contributed by atoms with Crippen LogP contribution in [0.5, 0.6) is 5.75 Å². The summed E-state index contributed by atoms with van der Waals surface area (Å²) in [6, 6.07) is 10.5. The van der Waals surface area contributed by atoms with Gasteiger partial charge in [0.1, 0.15) is 5.75 Å². The van der Waals surface area contributed by atoms with Gasteiger partial charge in [-0.05, 0) is 37.6 Å². The number of aromatic nitrogens is 1. The summed E-state index contributed by atoms with van der Waals surface area (Å²) >= 11 is 0. The molecular formula is C15H17N3O3. The highest BCUT2D eigenvalue weighted by atomic mass is 16.6. The van der Waals surface area contributed by atoms with E-state index in [4.69, 9.17) is 4.74 Å². The van der Waals surface area contributed by atoms with Crippen molar-refractivity contribution in [2.24, 2.45) is 0 Å². The summed E-state index contributed by atoms with van der Waals surface area (Å²) in [5, 5.41) is 14.1. The summed E-state index contributed by atoms with van der Waals surface area (Å²) in [6.07, 6.45) is 0. The predicted molar refractivity (Wildman–Crippen MR) is 80.7 cm³/mol. The molecule has 110 valence electrons. The first-order chi connectivity index (χ1) is 10.0. The van der Waals surface area contributed by atoms with E-state index in [0.717, 1.165) is 17.0 Å². The molecule has 0 aliphatic heterocycles. The Kier molecular flexibility index (Phi) is 4.37. The average Bonchev–Trinajstić information content (AvgIpc) is 2.47. The Labute approximate surface area is 122 Å². The van der Waals surface area contributed by atoms with Crippen molar-refractivity contribution in [3.8, 4) is 5.75 Å². The second kappa shape index (κ2) is 6.21. The van der Waals surface area contributed by atoms with Crippen molar-refractivity contribution in [3.63, 3.8) is 0 Å². The maximum Gasteiger partial charge on any atom is 0.311 e. The summed E-state index contributed by atoms with van der Waals surface area (Å²) in [4.78, 5) is 14.8. The second-order valence-electron chi connectivity index (χ2n) is 4.72. The third-order valence-corrected chi connectivity index (χ3v) is 3.18. The topological polar surface area (TPSA) is 77.3 Å². The van der Waals surface area contributed by atoms with E-state index in [9.17, 15) is 10.1 Å². The Balaban J connectivity index is 2.24. The van der Waals surface area contributed by atoms with Crippen LogP contribution in [-0.4, -0.2) is 17.0 Å². The minimum absolute atomic E-state index is 0.0269. The highest BCUT2D eigenvalue weighted by Crippen LogP contribution is 2.27. The number of benzene rings is 1. The van der Waals surface area contributed by atoms with E-state index in [0.29, 0.717) is 0 Å². The van der Waals surface area contributed by atoms with Crippen LogP contribution in [0.1, 0.15) is 24.2 Å². The standard InChI is InChI=1S/C15H17N3O3/c1-10-4-9-14(18(19)20)15(16-10)17-11(2)12-5-7-13(21-3)8-6-12/h4-9,11H,1-3H3,(H,16,17). The summed E-state index contributed by atoms with van der Waals surface area (Å²) in [7, 11) is 1.61. The van der Waals surface area contributed by atoms with Gasteiger partial charge in [-0.2, -0.15) is 0 Å². The van der Waals surface area contributed by atoms with Gasteiger partial charge < -0.3 is 10.1 Å². The first-order valence-electron chi connectivity index (χ1n) is 6.54. The van der Waals surface area contributed by atoms with E-state index in [1.165, 1.54) is 6.07 Å². The maximum absolute atomic E-state index is 11.0. The Hall–Kier alpha value is -2.63. The van der Waals surface area contributed by atoms with Crippen molar-refractivity contribution in [3.05, 3.63) is 57.8 Å². The number of nitro groups is 1. The van der Waals surface area contributed by atoms with E-state index >= 15 is 0 Å². The van der Waals surface area contributed by atoms with Gasteiger partial charge >= 0.3 is 5.69 Å². The summed E-state index contributed by atoms with van der Waals surface area (Å²) < 4.78 is 5.11. The maximum atomic E-state index is 11.0. The van der Waals surface area contributed by atoms with Gasteiger partial charge in [0.2, 0.25) is 5.82 Å². The fourth-order valence-electron chi connectivity index (χ4n) is 1.98. The molecule has 21 heavy (non-hydrogen) atoms.